The number of thiazole rings is 1. The number of esters is 1. The molecule has 3 rings (SSSR count). The summed E-state index contributed by atoms with van der Waals surface area (Å²) in [5.41, 5.74) is 0.770. The van der Waals surface area contributed by atoms with Gasteiger partial charge in [0.05, 0.1) is 25.1 Å². The van der Waals surface area contributed by atoms with Crippen LogP contribution in [-0.2, 0) is 20.7 Å². The molecule has 1 amide bonds. The third kappa shape index (κ3) is 2.92. The van der Waals surface area contributed by atoms with Crippen molar-refractivity contribution in [2.24, 2.45) is 5.92 Å². The Bertz CT molecular complexity index is 635. The van der Waals surface area contributed by atoms with Gasteiger partial charge in [-0.05, 0) is 12.8 Å². The summed E-state index contributed by atoms with van der Waals surface area (Å²) < 4.78 is 6.69. The monoisotopic (exact) mass is 307 g/mol. The van der Waals surface area contributed by atoms with Gasteiger partial charge in [0.25, 0.3) is 0 Å². The van der Waals surface area contributed by atoms with E-state index in [-0.39, 0.29) is 24.2 Å². The predicted octanol–water partition coefficient (Wildman–Crippen LogP) is 1.35. The number of methoxy groups -OCH3 is 1. The number of hydrogen-bond donors (Lipinski definition) is 0. The molecular weight excluding hydrogens is 290 g/mol. The van der Waals surface area contributed by atoms with Crippen molar-refractivity contribution >= 4 is 28.2 Å². The van der Waals surface area contributed by atoms with Crippen LogP contribution in [0.5, 0.6) is 0 Å². The quantitative estimate of drug-likeness (QED) is 0.803. The lowest BCUT2D eigenvalue weighted by Crippen LogP contribution is -2.43. The Morgan fingerprint density at radius 3 is 3.14 bits per heavy atom. The first-order valence-corrected chi connectivity index (χ1v) is 7.82. The van der Waals surface area contributed by atoms with Gasteiger partial charge in [-0.3, -0.25) is 14.0 Å². The summed E-state index contributed by atoms with van der Waals surface area (Å²) in [5, 5.41) is 1.96. The molecule has 1 aliphatic heterocycles. The maximum Gasteiger partial charge on any atom is 0.310 e. The number of likely N-dealkylation sites (tertiary alicyclic amines) is 1. The summed E-state index contributed by atoms with van der Waals surface area (Å²) in [6, 6.07) is 0. The molecule has 1 aliphatic rings. The molecule has 0 spiro atoms. The van der Waals surface area contributed by atoms with E-state index in [1.165, 1.54) is 7.11 Å². The number of ether oxygens (including phenoxy) is 1. The number of amides is 1. The Hall–Kier alpha value is -1.89. The zero-order valence-electron chi connectivity index (χ0n) is 11.8. The molecule has 6 nitrogen and oxygen atoms in total. The van der Waals surface area contributed by atoms with Gasteiger partial charge in [0, 0.05) is 30.9 Å². The molecule has 21 heavy (non-hydrogen) atoms. The molecule has 2 aromatic heterocycles. The molecule has 0 saturated carbocycles. The Balaban J connectivity index is 1.64. The van der Waals surface area contributed by atoms with Crippen LogP contribution < -0.4 is 0 Å². The van der Waals surface area contributed by atoms with Crippen LogP contribution in [0.4, 0.5) is 0 Å². The number of hydrogen-bond acceptors (Lipinski definition) is 5. The van der Waals surface area contributed by atoms with Gasteiger partial charge in [0.1, 0.15) is 0 Å². The van der Waals surface area contributed by atoms with E-state index in [1.807, 2.05) is 22.2 Å². The van der Waals surface area contributed by atoms with Crippen molar-refractivity contribution in [1.29, 1.82) is 0 Å². The summed E-state index contributed by atoms with van der Waals surface area (Å²) in [6.07, 6.45) is 5.71. The van der Waals surface area contributed by atoms with E-state index in [2.05, 4.69) is 4.98 Å². The van der Waals surface area contributed by atoms with Crippen LogP contribution in [0.25, 0.3) is 4.96 Å². The van der Waals surface area contributed by atoms with Crippen molar-refractivity contribution < 1.29 is 14.3 Å². The summed E-state index contributed by atoms with van der Waals surface area (Å²) in [7, 11) is 1.39. The van der Waals surface area contributed by atoms with Crippen molar-refractivity contribution in [3.8, 4) is 0 Å². The van der Waals surface area contributed by atoms with Gasteiger partial charge >= 0.3 is 5.97 Å². The molecule has 0 aromatic carbocycles. The van der Waals surface area contributed by atoms with Crippen molar-refractivity contribution in [2.45, 2.75) is 19.3 Å². The third-order valence-corrected chi connectivity index (χ3v) is 4.55. The number of fused-ring (bicyclic) bond motifs is 1. The molecule has 3 heterocycles. The summed E-state index contributed by atoms with van der Waals surface area (Å²) in [6.45, 7) is 1.16. The predicted molar refractivity (Wildman–Crippen MR) is 78.1 cm³/mol. The van der Waals surface area contributed by atoms with Crippen LogP contribution >= 0.6 is 11.3 Å². The van der Waals surface area contributed by atoms with E-state index in [0.29, 0.717) is 13.1 Å². The second kappa shape index (κ2) is 5.85. The van der Waals surface area contributed by atoms with Gasteiger partial charge in [-0.2, -0.15) is 0 Å². The fourth-order valence-electron chi connectivity index (χ4n) is 2.69. The number of piperidine rings is 1. The van der Waals surface area contributed by atoms with E-state index >= 15 is 0 Å². The Kier molecular flexibility index (Phi) is 3.92. The zero-order valence-corrected chi connectivity index (χ0v) is 12.6. The second-order valence-corrected chi connectivity index (χ2v) is 6.08. The molecule has 0 aliphatic carbocycles. The molecule has 0 bridgehead atoms. The Morgan fingerprint density at radius 2 is 2.38 bits per heavy atom. The molecule has 1 saturated heterocycles. The summed E-state index contributed by atoms with van der Waals surface area (Å²) in [4.78, 5) is 31.0. The molecular formula is C14H17N3O3S. The maximum atomic E-state index is 12.4. The van der Waals surface area contributed by atoms with Crippen LogP contribution in [0.15, 0.2) is 17.8 Å². The van der Waals surface area contributed by atoms with Gasteiger partial charge in [-0.25, -0.2) is 4.98 Å². The van der Waals surface area contributed by atoms with Gasteiger partial charge in [-0.1, -0.05) is 0 Å². The first kappa shape index (κ1) is 14.1. The smallest absolute Gasteiger partial charge is 0.310 e. The number of carbonyl (C=O) groups excluding carboxylic acids is 2. The highest BCUT2D eigenvalue weighted by Crippen LogP contribution is 2.19. The zero-order chi connectivity index (χ0) is 14.8. The number of nitrogens with zero attached hydrogens (tertiary/aromatic N) is 3. The third-order valence-electron chi connectivity index (χ3n) is 3.78. The molecule has 0 radical (unpaired) electrons. The van der Waals surface area contributed by atoms with E-state index in [9.17, 15) is 9.59 Å². The lowest BCUT2D eigenvalue weighted by molar-refractivity contribution is -0.148. The van der Waals surface area contributed by atoms with Crippen LogP contribution in [-0.4, -0.2) is 46.4 Å². The highest BCUT2D eigenvalue weighted by Gasteiger charge is 2.29. The van der Waals surface area contributed by atoms with Gasteiger partial charge in [0.2, 0.25) is 5.91 Å². The number of imidazole rings is 1. The molecule has 1 fully saturated rings. The first-order chi connectivity index (χ1) is 10.2. The van der Waals surface area contributed by atoms with Gasteiger partial charge in [-0.15, -0.1) is 11.3 Å². The molecule has 2 aromatic rings. The van der Waals surface area contributed by atoms with Crippen molar-refractivity contribution in [3.63, 3.8) is 0 Å². The highest BCUT2D eigenvalue weighted by atomic mass is 32.1. The SMILES string of the molecule is COC(=O)C1CCCN(C(=O)Cc2cn3ccsc3n2)C1. The van der Waals surface area contributed by atoms with E-state index < -0.39 is 0 Å². The average molecular weight is 307 g/mol. The molecule has 112 valence electrons. The van der Waals surface area contributed by atoms with Crippen LogP contribution in [0.3, 0.4) is 0 Å². The van der Waals surface area contributed by atoms with E-state index in [4.69, 9.17) is 4.74 Å². The normalized spacial score (nSPS) is 18.9. The maximum absolute atomic E-state index is 12.4. The molecule has 1 atom stereocenters. The largest absolute Gasteiger partial charge is 0.469 e. The Labute approximate surface area is 126 Å². The van der Waals surface area contributed by atoms with Crippen molar-refractivity contribution in [3.05, 3.63) is 23.5 Å². The average Bonchev–Trinajstić information content (AvgIpc) is 3.07. The molecule has 7 heteroatoms. The summed E-state index contributed by atoms with van der Waals surface area (Å²) in [5.74, 6) is -0.400. The molecule has 0 N–H and O–H groups in total. The van der Waals surface area contributed by atoms with Gasteiger partial charge in [0.15, 0.2) is 4.96 Å². The highest BCUT2D eigenvalue weighted by molar-refractivity contribution is 7.15. The molecule has 1 unspecified atom stereocenters. The lowest BCUT2D eigenvalue weighted by Gasteiger charge is -2.31. The fourth-order valence-corrected chi connectivity index (χ4v) is 3.41. The van der Waals surface area contributed by atoms with Crippen molar-refractivity contribution in [2.75, 3.05) is 20.2 Å². The Morgan fingerprint density at radius 1 is 1.52 bits per heavy atom. The van der Waals surface area contributed by atoms with Crippen LogP contribution in [0, 0.1) is 5.92 Å². The topological polar surface area (TPSA) is 63.9 Å². The van der Waals surface area contributed by atoms with Gasteiger partial charge < -0.3 is 9.64 Å². The van der Waals surface area contributed by atoms with Crippen LogP contribution in [0.2, 0.25) is 0 Å². The first-order valence-electron chi connectivity index (χ1n) is 6.94. The summed E-state index contributed by atoms with van der Waals surface area (Å²) >= 11 is 1.54. The van der Waals surface area contributed by atoms with Crippen molar-refractivity contribution in [1.82, 2.24) is 14.3 Å². The van der Waals surface area contributed by atoms with E-state index in [0.717, 1.165) is 23.5 Å². The second-order valence-electron chi connectivity index (χ2n) is 5.20. The number of rotatable bonds is 3. The number of carbonyl (C=O) groups is 2. The van der Waals surface area contributed by atoms with E-state index in [1.54, 1.807) is 16.2 Å². The number of aromatic nitrogens is 2. The van der Waals surface area contributed by atoms with Crippen LogP contribution in [0.1, 0.15) is 18.5 Å². The fraction of sp³-hybridized carbons (Fsp3) is 0.500. The lowest BCUT2D eigenvalue weighted by atomic mass is 9.98. The minimum Gasteiger partial charge on any atom is -0.469 e. The standard InChI is InChI=1S/C14H17N3O3S/c1-20-13(19)10-3-2-4-16(8-10)12(18)7-11-9-17-5-6-21-14(17)15-11/h5-6,9-10H,2-4,7-8H2,1H3. The minimum absolute atomic E-state index is 0.0226. The minimum atomic E-state index is -0.227.